The Kier molecular flexibility index (Phi) is 7.97. The molecule has 1 atom stereocenters. The second-order valence-electron chi connectivity index (χ2n) is 7.08. The van der Waals surface area contributed by atoms with Gasteiger partial charge in [0.15, 0.2) is 0 Å². The summed E-state index contributed by atoms with van der Waals surface area (Å²) in [5.41, 5.74) is 1.14. The molecule has 0 aliphatic rings. The average Bonchev–Trinajstić information content (AvgIpc) is 2.66. The van der Waals surface area contributed by atoms with E-state index in [9.17, 15) is 13.2 Å². The van der Waals surface area contributed by atoms with Gasteiger partial charge < -0.3 is 14.8 Å². The van der Waals surface area contributed by atoms with Gasteiger partial charge in [0.1, 0.15) is 17.5 Å². The average molecular weight is 455 g/mol. The Bertz CT molecular complexity index is 977. The van der Waals surface area contributed by atoms with Gasteiger partial charge in [-0.1, -0.05) is 23.7 Å². The van der Waals surface area contributed by atoms with Crippen molar-refractivity contribution in [3.8, 4) is 11.5 Å². The molecule has 2 rings (SSSR count). The molecule has 0 aliphatic carbocycles. The largest absolute Gasteiger partial charge is 0.495 e. The third-order valence-corrected chi connectivity index (χ3v) is 5.78. The molecule has 1 unspecified atom stereocenters. The van der Waals surface area contributed by atoms with Gasteiger partial charge in [0.05, 0.1) is 30.2 Å². The van der Waals surface area contributed by atoms with Crippen LogP contribution in [0.1, 0.15) is 26.3 Å². The number of amides is 1. The van der Waals surface area contributed by atoms with Gasteiger partial charge in [0.25, 0.3) is 0 Å². The van der Waals surface area contributed by atoms with Crippen LogP contribution in [-0.4, -0.2) is 39.8 Å². The first-order valence-corrected chi connectivity index (χ1v) is 11.6. The molecule has 7 nitrogen and oxygen atoms in total. The summed E-state index contributed by atoms with van der Waals surface area (Å²) >= 11 is 6.14. The van der Waals surface area contributed by atoms with Gasteiger partial charge >= 0.3 is 0 Å². The summed E-state index contributed by atoms with van der Waals surface area (Å²) in [6.07, 6.45) is 1.12. The minimum Gasteiger partial charge on any atom is -0.495 e. The second-order valence-corrected chi connectivity index (χ2v) is 9.35. The predicted molar refractivity (Wildman–Crippen MR) is 119 cm³/mol. The summed E-state index contributed by atoms with van der Waals surface area (Å²) in [7, 11) is -2.28. The molecular weight excluding hydrogens is 428 g/mol. The zero-order chi connectivity index (χ0) is 22.5. The highest BCUT2D eigenvalue weighted by Crippen LogP contribution is 2.31. The van der Waals surface area contributed by atoms with Gasteiger partial charge in [-0.05, 0) is 56.7 Å². The Morgan fingerprint density at radius 2 is 1.77 bits per heavy atom. The summed E-state index contributed by atoms with van der Waals surface area (Å²) in [4.78, 5) is 12.7. The molecule has 9 heteroatoms. The topological polar surface area (TPSA) is 84.9 Å². The zero-order valence-electron chi connectivity index (χ0n) is 17.7. The van der Waals surface area contributed by atoms with Crippen molar-refractivity contribution in [1.29, 1.82) is 0 Å². The number of nitrogens with zero attached hydrogens (tertiary/aromatic N) is 1. The Balaban J connectivity index is 2.13. The monoisotopic (exact) mass is 454 g/mol. The van der Waals surface area contributed by atoms with Crippen LogP contribution in [0, 0.1) is 0 Å². The van der Waals surface area contributed by atoms with Gasteiger partial charge in [-0.15, -0.1) is 0 Å². The third-order valence-electron chi connectivity index (χ3n) is 4.24. The number of hydrogen-bond donors (Lipinski definition) is 1. The van der Waals surface area contributed by atoms with Crippen LogP contribution in [0.2, 0.25) is 5.02 Å². The Morgan fingerprint density at radius 1 is 1.13 bits per heavy atom. The first-order chi connectivity index (χ1) is 14.0. The van der Waals surface area contributed by atoms with Gasteiger partial charge in [-0.2, -0.15) is 0 Å². The van der Waals surface area contributed by atoms with E-state index in [1.165, 1.54) is 20.1 Å². The number of sulfonamides is 1. The van der Waals surface area contributed by atoms with Crippen LogP contribution in [0.25, 0.3) is 0 Å². The van der Waals surface area contributed by atoms with Crippen LogP contribution in [0.4, 0.5) is 5.69 Å². The third kappa shape index (κ3) is 6.27. The van der Waals surface area contributed by atoms with Gasteiger partial charge in [0, 0.05) is 6.54 Å². The summed E-state index contributed by atoms with van der Waals surface area (Å²) in [6, 6.07) is 10.9. The fourth-order valence-electron chi connectivity index (χ4n) is 2.90. The van der Waals surface area contributed by atoms with Crippen LogP contribution >= 0.6 is 11.6 Å². The summed E-state index contributed by atoms with van der Waals surface area (Å²) in [6.45, 7) is 5.66. The van der Waals surface area contributed by atoms with E-state index in [-0.39, 0.29) is 23.4 Å². The van der Waals surface area contributed by atoms with Gasteiger partial charge in [-0.25, -0.2) is 8.42 Å². The molecule has 2 aromatic rings. The molecule has 0 spiro atoms. The lowest BCUT2D eigenvalue weighted by Crippen LogP contribution is -2.47. The highest BCUT2D eigenvalue weighted by Gasteiger charge is 2.29. The molecule has 0 fully saturated rings. The highest BCUT2D eigenvalue weighted by atomic mass is 35.5. The number of hydrogen-bond acceptors (Lipinski definition) is 5. The quantitative estimate of drug-likeness (QED) is 0.625. The van der Waals surface area contributed by atoms with Crippen LogP contribution < -0.4 is 19.1 Å². The van der Waals surface area contributed by atoms with Crippen LogP contribution in [-0.2, 0) is 21.4 Å². The Labute approximate surface area is 183 Å². The van der Waals surface area contributed by atoms with Crippen LogP contribution in [0.5, 0.6) is 11.5 Å². The fraction of sp³-hybridized carbons (Fsp3) is 0.381. The van der Waals surface area contributed by atoms with Crippen molar-refractivity contribution in [3.63, 3.8) is 0 Å². The van der Waals surface area contributed by atoms with E-state index < -0.39 is 22.0 Å². The molecule has 0 aliphatic heterocycles. The highest BCUT2D eigenvalue weighted by molar-refractivity contribution is 7.92. The van der Waals surface area contributed by atoms with E-state index in [4.69, 9.17) is 21.1 Å². The molecule has 30 heavy (non-hydrogen) atoms. The minimum absolute atomic E-state index is 0.0739. The first-order valence-electron chi connectivity index (χ1n) is 9.39. The summed E-state index contributed by atoms with van der Waals surface area (Å²) in [5, 5.41) is 3.02. The second kappa shape index (κ2) is 10.0. The molecule has 0 aromatic heterocycles. The van der Waals surface area contributed by atoms with Crippen molar-refractivity contribution in [2.45, 2.75) is 39.5 Å². The normalized spacial score (nSPS) is 12.4. The van der Waals surface area contributed by atoms with Crippen molar-refractivity contribution in [3.05, 3.63) is 53.1 Å². The fourth-order valence-corrected chi connectivity index (χ4v) is 4.31. The van der Waals surface area contributed by atoms with Crippen molar-refractivity contribution in [2.24, 2.45) is 0 Å². The molecule has 1 amide bonds. The standard InChI is InChI=1S/C21H27ClN2O5S/c1-14(2)29-18-9-6-16(7-10-18)13-23-21(25)15(3)24(30(5,26)27)17-8-11-20(28-4)19(22)12-17/h6-12,14-15H,13H2,1-5H3,(H,23,25). The van der Waals surface area contributed by atoms with E-state index in [0.29, 0.717) is 5.75 Å². The van der Waals surface area contributed by atoms with Gasteiger partial charge in [0.2, 0.25) is 15.9 Å². The molecule has 0 saturated heterocycles. The van der Waals surface area contributed by atoms with E-state index in [1.54, 1.807) is 12.1 Å². The van der Waals surface area contributed by atoms with Crippen molar-refractivity contribution >= 4 is 33.2 Å². The molecule has 164 valence electrons. The van der Waals surface area contributed by atoms with E-state index in [0.717, 1.165) is 21.9 Å². The van der Waals surface area contributed by atoms with E-state index in [2.05, 4.69) is 5.32 Å². The number of nitrogens with one attached hydrogen (secondary N) is 1. The molecule has 2 aromatic carbocycles. The first kappa shape index (κ1) is 23.8. The number of halogens is 1. The summed E-state index contributed by atoms with van der Waals surface area (Å²) < 4.78 is 36.5. The van der Waals surface area contributed by atoms with Crippen molar-refractivity contribution in [1.82, 2.24) is 5.32 Å². The van der Waals surface area contributed by atoms with E-state index >= 15 is 0 Å². The van der Waals surface area contributed by atoms with Gasteiger partial charge in [-0.3, -0.25) is 9.10 Å². The number of rotatable bonds is 9. The molecule has 0 bridgehead atoms. The maximum atomic E-state index is 12.7. The number of anilines is 1. The maximum Gasteiger partial charge on any atom is 0.243 e. The lowest BCUT2D eigenvalue weighted by Gasteiger charge is -2.28. The zero-order valence-corrected chi connectivity index (χ0v) is 19.3. The minimum atomic E-state index is -3.74. The molecule has 0 heterocycles. The molecule has 1 N–H and O–H groups in total. The van der Waals surface area contributed by atoms with Crippen molar-refractivity contribution < 1.29 is 22.7 Å². The molecule has 0 saturated carbocycles. The number of carbonyl (C=O) groups is 1. The number of benzene rings is 2. The smallest absolute Gasteiger partial charge is 0.243 e. The molecular formula is C21H27ClN2O5S. The number of ether oxygens (including phenoxy) is 2. The number of carbonyl (C=O) groups excluding carboxylic acids is 1. The SMILES string of the molecule is COc1ccc(N(C(C)C(=O)NCc2ccc(OC(C)C)cc2)S(C)(=O)=O)cc1Cl. The van der Waals surface area contributed by atoms with Crippen LogP contribution in [0.3, 0.4) is 0 Å². The Morgan fingerprint density at radius 3 is 2.27 bits per heavy atom. The van der Waals surface area contributed by atoms with Crippen molar-refractivity contribution in [2.75, 3.05) is 17.7 Å². The maximum absolute atomic E-state index is 12.7. The number of methoxy groups -OCH3 is 1. The van der Waals surface area contributed by atoms with Crippen LogP contribution in [0.15, 0.2) is 42.5 Å². The Hall–Kier alpha value is -2.45. The predicted octanol–water partition coefficient (Wildman–Crippen LogP) is 3.61. The lowest BCUT2D eigenvalue weighted by atomic mass is 10.2. The lowest BCUT2D eigenvalue weighted by molar-refractivity contribution is -0.122. The molecule has 0 radical (unpaired) electrons. The summed E-state index contributed by atoms with van der Waals surface area (Å²) in [5.74, 6) is 0.721. The van der Waals surface area contributed by atoms with E-state index in [1.807, 2.05) is 38.1 Å².